The van der Waals surface area contributed by atoms with Crippen LogP contribution in [0.4, 0.5) is 0 Å². The van der Waals surface area contributed by atoms with Crippen LogP contribution in [-0.4, -0.2) is 38.7 Å². The minimum atomic E-state index is -0.449. The Bertz CT molecular complexity index is 1050. The number of carbonyl (C=O) groups is 2. The molecule has 1 unspecified atom stereocenters. The van der Waals surface area contributed by atoms with Crippen molar-refractivity contribution in [1.29, 1.82) is 0 Å². The van der Waals surface area contributed by atoms with Gasteiger partial charge in [0.25, 0.3) is 11.1 Å². The molecule has 3 aromatic rings. The molecule has 1 fully saturated rings. The summed E-state index contributed by atoms with van der Waals surface area (Å²) >= 11 is 7.12. The Hall–Kier alpha value is -2.64. The second-order valence-corrected chi connectivity index (χ2v) is 8.73. The van der Waals surface area contributed by atoms with Crippen molar-refractivity contribution in [3.63, 3.8) is 0 Å². The van der Waals surface area contributed by atoms with Crippen LogP contribution in [0.25, 0.3) is 11.5 Å². The lowest BCUT2D eigenvalue weighted by Crippen LogP contribution is -2.41. The van der Waals surface area contributed by atoms with Gasteiger partial charge in [-0.3, -0.25) is 14.5 Å². The molecule has 1 aliphatic heterocycles. The van der Waals surface area contributed by atoms with Gasteiger partial charge in [-0.15, -0.1) is 10.2 Å². The zero-order valence-electron chi connectivity index (χ0n) is 16.4. The standard InChI is InChI=1S/C22H20ClN3O3S/c1-14-5-7-15(8-6-14)19-24-25-22(29-19)30-18-4-2-3-13-26(21(18)28)20(27)16-9-11-17(23)12-10-16/h5-12,18H,2-4,13H2,1H3. The van der Waals surface area contributed by atoms with Gasteiger partial charge in [0.05, 0.1) is 5.25 Å². The molecule has 0 aliphatic carbocycles. The SMILES string of the molecule is Cc1ccc(-c2nnc(SC3CCCCN(C(=O)c4ccc(Cl)cc4)C3=O)o2)cc1. The molecule has 2 heterocycles. The lowest BCUT2D eigenvalue weighted by atomic mass is 10.1. The van der Waals surface area contributed by atoms with Crippen molar-refractivity contribution in [2.45, 2.75) is 36.7 Å². The molecule has 0 radical (unpaired) electrons. The normalized spacial score (nSPS) is 17.1. The number of thioether (sulfide) groups is 1. The molecule has 8 heteroatoms. The van der Waals surface area contributed by atoms with Gasteiger partial charge in [-0.05, 0) is 56.2 Å². The van der Waals surface area contributed by atoms with Crippen LogP contribution in [0.2, 0.25) is 5.02 Å². The third-order valence-corrected chi connectivity index (χ3v) is 6.26. The largest absolute Gasteiger partial charge is 0.411 e. The number of hydrogen-bond acceptors (Lipinski definition) is 6. The van der Waals surface area contributed by atoms with E-state index in [1.165, 1.54) is 16.7 Å². The van der Waals surface area contributed by atoms with Crippen molar-refractivity contribution in [3.8, 4) is 11.5 Å². The van der Waals surface area contributed by atoms with Gasteiger partial charge in [-0.2, -0.15) is 0 Å². The van der Waals surface area contributed by atoms with Crippen LogP contribution >= 0.6 is 23.4 Å². The van der Waals surface area contributed by atoms with Crippen molar-refractivity contribution >= 4 is 35.2 Å². The number of aromatic nitrogens is 2. The molecule has 1 aromatic heterocycles. The first kappa shape index (κ1) is 20.6. The van der Waals surface area contributed by atoms with Gasteiger partial charge in [-0.1, -0.05) is 47.5 Å². The Morgan fingerprint density at radius 2 is 1.83 bits per heavy atom. The van der Waals surface area contributed by atoms with E-state index >= 15 is 0 Å². The molecule has 0 spiro atoms. The Labute approximate surface area is 183 Å². The fraction of sp³-hybridized carbons (Fsp3) is 0.273. The maximum Gasteiger partial charge on any atom is 0.277 e. The maximum atomic E-state index is 13.1. The predicted molar refractivity (Wildman–Crippen MR) is 115 cm³/mol. The fourth-order valence-corrected chi connectivity index (χ4v) is 4.36. The average Bonchev–Trinajstić information content (AvgIpc) is 3.14. The number of halogens is 1. The number of benzene rings is 2. The van der Waals surface area contributed by atoms with Gasteiger partial charge in [0.15, 0.2) is 0 Å². The Balaban J connectivity index is 1.50. The summed E-state index contributed by atoms with van der Waals surface area (Å²) in [5.41, 5.74) is 2.41. The smallest absolute Gasteiger partial charge is 0.277 e. The molecule has 30 heavy (non-hydrogen) atoms. The summed E-state index contributed by atoms with van der Waals surface area (Å²) in [5.74, 6) is -0.129. The number of imide groups is 1. The van der Waals surface area contributed by atoms with Crippen molar-refractivity contribution in [1.82, 2.24) is 15.1 Å². The third-order valence-electron chi connectivity index (χ3n) is 4.92. The van der Waals surface area contributed by atoms with Crippen molar-refractivity contribution in [2.75, 3.05) is 6.54 Å². The number of hydrogen-bond donors (Lipinski definition) is 0. The van der Waals surface area contributed by atoms with Crippen LogP contribution in [0.5, 0.6) is 0 Å². The molecule has 0 N–H and O–H groups in total. The molecular weight excluding hydrogens is 422 g/mol. The molecule has 1 saturated heterocycles. The minimum Gasteiger partial charge on any atom is -0.411 e. The molecule has 1 aliphatic rings. The highest BCUT2D eigenvalue weighted by Crippen LogP contribution is 2.31. The summed E-state index contributed by atoms with van der Waals surface area (Å²) in [7, 11) is 0. The molecule has 2 aromatic carbocycles. The summed E-state index contributed by atoms with van der Waals surface area (Å²) in [6.07, 6.45) is 2.25. The molecule has 0 bridgehead atoms. The summed E-state index contributed by atoms with van der Waals surface area (Å²) in [6, 6.07) is 14.3. The number of aryl methyl sites for hydroxylation is 1. The first-order valence-electron chi connectivity index (χ1n) is 9.70. The van der Waals surface area contributed by atoms with E-state index in [4.69, 9.17) is 16.0 Å². The molecule has 6 nitrogen and oxygen atoms in total. The van der Waals surface area contributed by atoms with Crippen LogP contribution < -0.4 is 0 Å². The first-order chi connectivity index (χ1) is 14.5. The summed E-state index contributed by atoms with van der Waals surface area (Å²) in [6.45, 7) is 2.41. The summed E-state index contributed by atoms with van der Waals surface area (Å²) < 4.78 is 5.77. The van der Waals surface area contributed by atoms with E-state index in [9.17, 15) is 9.59 Å². The van der Waals surface area contributed by atoms with Crippen LogP contribution in [0, 0.1) is 6.92 Å². The molecule has 0 saturated carbocycles. The molecule has 1 atom stereocenters. The van der Waals surface area contributed by atoms with Crippen LogP contribution in [-0.2, 0) is 4.79 Å². The highest BCUT2D eigenvalue weighted by molar-refractivity contribution is 8.00. The van der Waals surface area contributed by atoms with Gasteiger partial charge >= 0.3 is 0 Å². The highest BCUT2D eigenvalue weighted by Gasteiger charge is 2.33. The minimum absolute atomic E-state index is 0.229. The van der Waals surface area contributed by atoms with Gasteiger partial charge in [0.2, 0.25) is 11.8 Å². The van der Waals surface area contributed by atoms with E-state index in [-0.39, 0.29) is 11.8 Å². The summed E-state index contributed by atoms with van der Waals surface area (Å²) in [4.78, 5) is 27.3. The van der Waals surface area contributed by atoms with Crippen LogP contribution in [0.3, 0.4) is 0 Å². The number of nitrogens with zero attached hydrogens (tertiary/aromatic N) is 3. The number of likely N-dealkylation sites (tertiary alicyclic amines) is 1. The Morgan fingerprint density at radius 1 is 1.10 bits per heavy atom. The third kappa shape index (κ3) is 4.57. The van der Waals surface area contributed by atoms with E-state index in [1.807, 2.05) is 31.2 Å². The second-order valence-electron chi connectivity index (χ2n) is 7.14. The second kappa shape index (κ2) is 9.02. The first-order valence-corrected chi connectivity index (χ1v) is 11.0. The molecule has 4 rings (SSSR count). The van der Waals surface area contributed by atoms with Gasteiger partial charge in [-0.25, -0.2) is 0 Å². The maximum absolute atomic E-state index is 13.1. The predicted octanol–water partition coefficient (Wildman–Crippen LogP) is 5.01. The average molecular weight is 442 g/mol. The van der Waals surface area contributed by atoms with E-state index < -0.39 is 5.25 Å². The fourth-order valence-electron chi connectivity index (χ4n) is 3.26. The molecular formula is C22H20ClN3O3S. The van der Waals surface area contributed by atoms with Crippen molar-refractivity contribution in [2.24, 2.45) is 0 Å². The van der Waals surface area contributed by atoms with Gasteiger partial charge in [0.1, 0.15) is 0 Å². The monoisotopic (exact) mass is 441 g/mol. The number of amides is 2. The Kier molecular flexibility index (Phi) is 6.20. The number of carbonyl (C=O) groups excluding carboxylic acids is 2. The lowest BCUT2D eigenvalue weighted by Gasteiger charge is -2.21. The van der Waals surface area contributed by atoms with Gasteiger partial charge in [0, 0.05) is 22.7 Å². The van der Waals surface area contributed by atoms with E-state index in [0.29, 0.717) is 34.7 Å². The number of rotatable bonds is 4. The quantitative estimate of drug-likeness (QED) is 0.529. The van der Waals surface area contributed by atoms with Crippen LogP contribution in [0.1, 0.15) is 35.2 Å². The van der Waals surface area contributed by atoms with Crippen molar-refractivity contribution in [3.05, 3.63) is 64.7 Å². The van der Waals surface area contributed by atoms with Crippen LogP contribution in [0.15, 0.2) is 58.2 Å². The van der Waals surface area contributed by atoms with Gasteiger partial charge < -0.3 is 4.42 Å². The van der Waals surface area contributed by atoms with E-state index in [2.05, 4.69) is 10.2 Å². The van der Waals surface area contributed by atoms with E-state index in [1.54, 1.807) is 24.3 Å². The highest BCUT2D eigenvalue weighted by atomic mass is 35.5. The summed E-state index contributed by atoms with van der Waals surface area (Å²) in [5, 5.41) is 8.61. The van der Waals surface area contributed by atoms with Crippen molar-refractivity contribution < 1.29 is 14.0 Å². The van der Waals surface area contributed by atoms with E-state index in [0.717, 1.165) is 24.0 Å². The molecule has 154 valence electrons. The zero-order valence-corrected chi connectivity index (χ0v) is 17.9. The zero-order chi connectivity index (χ0) is 21.1. The molecule has 2 amide bonds. The lowest BCUT2D eigenvalue weighted by molar-refractivity contribution is -0.127. The Morgan fingerprint density at radius 3 is 2.57 bits per heavy atom. The topological polar surface area (TPSA) is 76.3 Å².